The van der Waals surface area contributed by atoms with Crippen molar-refractivity contribution in [1.29, 1.82) is 0 Å². The van der Waals surface area contributed by atoms with Crippen molar-refractivity contribution in [2.75, 3.05) is 19.7 Å². The van der Waals surface area contributed by atoms with Crippen LogP contribution in [0.25, 0.3) is 0 Å². The highest BCUT2D eigenvalue weighted by Crippen LogP contribution is 2.26. The van der Waals surface area contributed by atoms with Crippen LogP contribution in [-0.2, 0) is 0 Å². The Morgan fingerprint density at radius 2 is 1.84 bits per heavy atom. The van der Waals surface area contributed by atoms with Crippen molar-refractivity contribution in [3.8, 4) is 0 Å². The van der Waals surface area contributed by atoms with E-state index in [4.69, 9.17) is 0 Å². The number of amides is 1. The summed E-state index contributed by atoms with van der Waals surface area (Å²) in [6.45, 7) is 9.72. The summed E-state index contributed by atoms with van der Waals surface area (Å²) in [6, 6.07) is 4.12. The molecule has 1 N–H and O–H groups in total. The van der Waals surface area contributed by atoms with Gasteiger partial charge in [0.05, 0.1) is 0 Å². The van der Waals surface area contributed by atoms with Crippen molar-refractivity contribution in [1.82, 2.24) is 4.90 Å². The van der Waals surface area contributed by atoms with Gasteiger partial charge in [-0.15, -0.1) is 0 Å². The second kappa shape index (κ2) is 5.33. The molecule has 0 spiro atoms. The predicted octanol–water partition coefficient (Wildman–Crippen LogP) is 2.31. The second-order valence-corrected chi connectivity index (χ2v) is 5.90. The molecule has 2 atom stereocenters. The first-order valence-electron chi connectivity index (χ1n) is 6.92. The summed E-state index contributed by atoms with van der Waals surface area (Å²) >= 11 is 0. The van der Waals surface area contributed by atoms with E-state index in [2.05, 4.69) is 19.1 Å². The number of aliphatic hydroxyl groups is 1. The highest BCUT2D eigenvalue weighted by molar-refractivity contribution is 5.97. The Hall–Kier alpha value is -1.35. The van der Waals surface area contributed by atoms with Crippen LogP contribution in [0.5, 0.6) is 0 Å². The highest BCUT2D eigenvalue weighted by Gasteiger charge is 2.33. The second-order valence-electron chi connectivity index (χ2n) is 5.90. The van der Waals surface area contributed by atoms with Gasteiger partial charge in [-0.2, -0.15) is 0 Å². The molecule has 104 valence electrons. The van der Waals surface area contributed by atoms with Crippen LogP contribution in [0, 0.1) is 32.6 Å². The van der Waals surface area contributed by atoms with E-state index in [9.17, 15) is 9.90 Å². The molecule has 1 saturated heterocycles. The smallest absolute Gasteiger partial charge is 0.254 e. The van der Waals surface area contributed by atoms with Gasteiger partial charge in [-0.05, 0) is 37.8 Å². The molecule has 0 saturated carbocycles. The molecule has 0 aliphatic carbocycles. The van der Waals surface area contributed by atoms with Crippen LogP contribution in [0.1, 0.15) is 34.0 Å². The first-order chi connectivity index (χ1) is 8.93. The number of aryl methyl sites for hydroxylation is 3. The summed E-state index contributed by atoms with van der Waals surface area (Å²) in [5.41, 5.74) is 4.11. The number of nitrogens with zero attached hydrogens (tertiary/aromatic N) is 1. The standard InChI is InChI=1S/C16H23NO2/c1-10-5-11(2)15(12(3)6-10)16(19)17-7-13(4)14(8-17)9-18/h5-6,13-14,18H,7-9H2,1-4H3/t13-,14+/m1/s1. The van der Waals surface area contributed by atoms with E-state index in [1.165, 1.54) is 5.56 Å². The summed E-state index contributed by atoms with van der Waals surface area (Å²) in [7, 11) is 0. The fraction of sp³-hybridized carbons (Fsp3) is 0.562. The number of benzene rings is 1. The number of likely N-dealkylation sites (tertiary alicyclic amines) is 1. The van der Waals surface area contributed by atoms with Gasteiger partial charge in [-0.1, -0.05) is 24.6 Å². The summed E-state index contributed by atoms with van der Waals surface area (Å²) in [5, 5.41) is 9.31. The predicted molar refractivity (Wildman–Crippen MR) is 76.3 cm³/mol. The van der Waals surface area contributed by atoms with Gasteiger partial charge in [-0.3, -0.25) is 4.79 Å². The molecular weight excluding hydrogens is 238 g/mol. The van der Waals surface area contributed by atoms with Crippen molar-refractivity contribution >= 4 is 5.91 Å². The number of aliphatic hydroxyl groups excluding tert-OH is 1. The van der Waals surface area contributed by atoms with Crippen molar-refractivity contribution in [2.24, 2.45) is 11.8 Å². The average molecular weight is 261 g/mol. The van der Waals surface area contributed by atoms with Crippen molar-refractivity contribution in [3.63, 3.8) is 0 Å². The van der Waals surface area contributed by atoms with Gasteiger partial charge in [0, 0.05) is 31.2 Å². The molecule has 19 heavy (non-hydrogen) atoms. The molecule has 1 aromatic rings. The van der Waals surface area contributed by atoms with Gasteiger partial charge in [0.2, 0.25) is 0 Å². The Labute approximate surface area is 115 Å². The quantitative estimate of drug-likeness (QED) is 0.887. The number of carbonyl (C=O) groups is 1. The number of hydrogen-bond acceptors (Lipinski definition) is 2. The normalized spacial score (nSPS) is 22.9. The molecule has 1 aliphatic rings. The first kappa shape index (κ1) is 14.1. The summed E-state index contributed by atoms with van der Waals surface area (Å²) in [4.78, 5) is 14.5. The number of hydrogen-bond donors (Lipinski definition) is 1. The van der Waals surface area contributed by atoms with E-state index in [1.54, 1.807) is 0 Å². The lowest BCUT2D eigenvalue weighted by molar-refractivity contribution is 0.0779. The van der Waals surface area contributed by atoms with Gasteiger partial charge in [0.25, 0.3) is 5.91 Å². The molecule has 1 fully saturated rings. The van der Waals surface area contributed by atoms with E-state index in [0.717, 1.165) is 23.2 Å². The Bertz CT molecular complexity index is 473. The lowest BCUT2D eigenvalue weighted by Crippen LogP contribution is -2.30. The van der Waals surface area contributed by atoms with E-state index >= 15 is 0 Å². The molecule has 3 nitrogen and oxygen atoms in total. The first-order valence-corrected chi connectivity index (χ1v) is 6.92. The molecule has 0 aromatic heterocycles. The Kier molecular flexibility index (Phi) is 3.95. The van der Waals surface area contributed by atoms with E-state index in [-0.39, 0.29) is 18.4 Å². The van der Waals surface area contributed by atoms with E-state index in [1.807, 2.05) is 25.7 Å². The van der Waals surface area contributed by atoms with Gasteiger partial charge in [-0.25, -0.2) is 0 Å². The van der Waals surface area contributed by atoms with E-state index in [0.29, 0.717) is 12.5 Å². The lowest BCUT2D eigenvalue weighted by Gasteiger charge is -2.19. The molecule has 0 bridgehead atoms. The molecule has 1 aliphatic heterocycles. The topological polar surface area (TPSA) is 40.5 Å². The zero-order valence-corrected chi connectivity index (χ0v) is 12.2. The van der Waals surface area contributed by atoms with Crippen LogP contribution >= 0.6 is 0 Å². The zero-order chi connectivity index (χ0) is 14.2. The maximum atomic E-state index is 12.7. The third kappa shape index (κ3) is 2.66. The summed E-state index contributed by atoms with van der Waals surface area (Å²) < 4.78 is 0. The molecule has 1 aromatic carbocycles. The van der Waals surface area contributed by atoms with Crippen LogP contribution in [-0.4, -0.2) is 35.6 Å². The monoisotopic (exact) mass is 261 g/mol. The minimum atomic E-state index is 0.109. The summed E-state index contributed by atoms with van der Waals surface area (Å²) in [5.74, 6) is 0.702. The minimum absolute atomic E-state index is 0.109. The molecule has 2 rings (SSSR count). The molecule has 0 radical (unpaired) electrons. The van der Waals surface area contributed by atoms with E-state index < -0.39 is 0 Å². The van der Waals surface area contributed by atoms with Gasteiger partial charge in [0.1, 0.15) is 0 Å². The SMILES string of the molecule is Cc1cc(C)c(C(=O)N2C[C@@H](CO)[C@H](C)C2)c(C)c1. The number of carbonyl (C=O) groups excluding carboxylic acids is 1. The molecule has 0 unspecified atom stereocenters. The Balaban J connectivity index is 2.26. The van der Waals surface area contributed by atoms with Crippen molar-refractivity contribution < 1.29 is 9.90 Å². The van der Waals surface area contributed by atoms with Crippen LogP contribution in [0.3, 0.4) is 0 Å². The van der Waals surface area contributed by atoms with Gasteiger partial charge in [0.15, 0.2) is 0 Å². The maximum absolute atomic E-state index is 12.7. The van der Waals surface area contributed by atoms with Crippen molar-refractivity contribution in [2.45, 2.75) is 27.7 Å². The molecule has 3 heteroatoms. The molecule has 1 amide bonds. The fourth-order valence-electron chi connectivity index (χ4n) is 3.11. The fourth-order valence-corrected chi connectivity index (χ4v) is 3.11. The van der Waals surface area contributed by atoms with Crippen LogP contribution < -0.4 is 0 Å². The largest absolute Gasteiger partial charge is 0.396 e. The zero-order valence-electron chi connectivity index (χ0n) is 12.2. The van der Waals surface area contributed by atoms with Gasteiger partial charge >= 0.3 is 0 Å². The third-order valence-corrected chi connectivity index (χ3v) is 4.18. The molecule has 1 heterocycles. The number of rotatable bonds is 2. The van der Waals surface area contributed by atoms with Gasteiger partial charge < -0.3 is 10.0 Å². The lowest BCUT2D eigenvalue weighted by atomic mass is 9.99. The third-order valence-electron chi connectivity index (χ3n) is 4.18. The Morgan fingerprint density at radius 1 is 1.26 bits per heavy atom. The van der Waals surface area contributed by atoms with Crippen molar-refractivity contribution in [3.05, 3.63) is 34.4 Å². The Morgan fingerprint density at radius 3 is 2.32 bits per heavy atom. The highest BCUT2D eigenvalue weighted by atomic mass is 16.3. The molecular formula is C16H23NO2. The van der Waals surface area contributed by atoms with Crippen LogP contribution in [0.4, 0.5) is 0 Å². The maximum Gasteiger partial charge on any atom is 0.254 e. The minimum Gasteiger partial charge on any atom is -0.396 e. The summed E-state index contributed by atoms with van der Waals surface area (Å²) in [6.07, 6.45) is 0. The van der Waals surface area contributed by atoms with Crippen LogP contribution in [0.2, 0.25) is 0 Å². The van der Waals surface area contributed by atoms with Crippen LogP contribution in [0.15, 0.2) is 12.1 Å². The average Bonchev–Trinajstić information content (AvgIpc) is 2.69.